The van der Waals surface area contributed by atoms with Crippen molar-refractivity contribution in [2.24, 2.45) is 0 Å². The quantitative estimate of drug-likeness (QED) is 0.762. The van der Waals surface area contributed by atoms with Gasteiger partial charge in [0.05, 0.1) is 0 Å². The number of nitrogens with zero attached hydrogens (tertiary/aromatic N) is 1. The number of rotatable bonds is 2. The van der Waals surface area contributed by atoms with Crippen LogP contribution in [0.4, 0.5) is 0 Å². The number of hydrogen-bond acceptors (Lipinski definition) is 2. The third kappa shape index (κ3) is 1.43. The zero-order valence-electron chi connectivity index (χ0n) is 10.5. The van der Waals surface area contributed by atoms with Crippen molar-refractivity contribution >= 4 is 11.8 Å². The first kappa shape index (κ1) is 11.4. The molecule has 0 spiro atoms. The Balaban J connectivity index is 2.34. The number of hydrogen-bond donors (Lipinski definition) is 1. The molecule has 1 saturated heterocycles. The topological polar surface area (TPSA) is 49.4 Å². The Bertz CT molecular complexity index is 349. The third-order valence-corrected chi connectivity index (χ3v) is 4.12. The van der Waals surface area contributed by atoms with Gasteiger partial charge in [0.2, 0.25) is 11.8 Å². The first-order valence-corrected chi connectivity index (χ1v) is 6.00. The molecule has 4 nitrogen and oxygen atoms in total. The van der Waals surface area contributed by atoms with Gasteiger partial charge < -0.3 is 10.2 Å². The lowest BCUT2D eigenvalue weighted by molar-refractivity contribution is -0.157. The van der Waals surface area contributed by atoms with Crippen LogP contribution < -0.4 is 5.32 Å². The molecule has 1 heterocycles. The Morgan fingerprint density at radius 3 is 2.38 bits per heavy atom. The van der Waals surface area contributed by atoms with E-state index in [1.807, 2.05) is 20.8 Å². The van der Waals surface area contributed by atoms with Crippen LogP contribution in [-0.2, 0) is 9.59 Å². The lowest BCUT2D eigenvalue weighted by atomic mass is 9.91. The van der Waals surface area contributed by atoms with Gasteiger partial charge >= 0.3 is 0 Å². The second kappa shape index (κ2) is 3.22. The van der Waals surface area contributed by atoms with E-state index in [-0.39, 0.29) is 23.4 Å². The molecule has 4 heteroatoms. The second-order valence-corrected chi connectivity index (χ2v) is 5.52. The molecule has 0 aromatic carbocycles. The fourth-order valence-corrected chi connectivity index (χ4v) is 2.36. The van der Waals surface area contributed by atoms with Crippen molar-refractivity contribution < 1.29 is 9.59 Å². The molecule has 2 fully saturated rings. The largest absolute Gasteiger partial charge is 0.340 e. The van der Waals surface area contributed by atoms with Crippen molar-refractivity contribution in [1.29, 1.82) is 0 Å². The molecule has 1 saturated carbocycles. The van der Waals surface area contributed by atoms with Gasteiger partial charge in [0.1, 0.15) is 11.6 Å². The molecule has 0 aromatic heterocycles. The zero-order valence-corrected chi connectivity index (χ0v) is 10.5. The molecule has 2 rings (SSSR count). The van der Waals surface area contributed by atoms with Gasteiger partial charge in [-0.1, -0.05) is 6.92 Å². The average molecular weight is 224 g/mol. The minimum Gasteiger partial charge on any atom is -0.340 e. The first-order chi connectivity index (χ1) is 7.34. The van der Waals surface area contributed by atoms with E-state index in [1.54, 1.807) is 4.90 Å². The van der Waals surface area contributed by atoms with E-state index in [9.17, 15) is 9.59 Å². The molecule has 0 bridgehead atoms. The van der Waals surface area contributed by atoms with Crippen LogP contribution in [0.2, 0.25) is 0 Å². The van der Waals surface area contributed by atoms with E-state index in [2.05, 4.69) is 12.2 Å². The highest BCUT2D eigenvalue weighted by Crippen LogP contribution is 2.44. The summed E-state index contributed by atoms with van der Waals surface area (Å²) < 4.78 is 0. The monoisotopic (exact) mass is 224 g/mol. The Kier molecular flexibility index (Phi) is 2.30. The van der Waals surface area contributed by atoms with Gasteiger partial charge in [-0.05, 0) is 40.0 Å². The predicted molar refractivity (Wildman–Crippen MR) is 60.8 cm³/mol. The molecular formula is C12H20N2O2. The van der Waals surface area contributed by atoms with Crippen LogP contribution in [0.3, 0.4) is 0 Å². The third-order valence-electron chi connectivity index (χ3n) is 4.12. The lowest BCUT2D eigenvalue weighted by Crippen LogP contribution is -2.70. The van der Waals surface area contributed by atoms with Gasteiger partial charge in [0.15, 0.2) is 0 Å². The molecule has 2 atom stereocenters. The lowest BCUT2D eigenvalue weighted by Gasteiger charge is -2.46. The minimum absolute atomic E-state index is 0.0305. The van der Waals surface area contributed by atoms with Crippen LogP contribution in [0.15, 0.2) is 0 Å². The molecule has 0 aromatic rings. The van der Waals surface area contributed by atoms with Crippen molar-refractivity contribution in [3.8, 4) is 0 Å². The summed E-state index contributed by atoms with van der Waals surface area (Å²) in [6, 6.07) is -0.334. The number of carbonyl (C=O) groups is 2. The smallest absolute Gasteiger partial charge is 0.249 e. The summed E-state index contributed by atoms with van der Waals surface area (Å²) in [6.45, 7) is 7.63. The van der Waals surface area contributed by atoms with Crippen LogP contribution in [0.5, 0.6) is 0 Å². The molecule has 2 aliphatic rings. The van der Waals surface area contributed by atoms with Crippen molar-refractivity contribution in [3.05, 3.63) is 0 Å². The Morgan fingerprint density at radius 2 is 1.94 bits per heavy atom. The highest BCUT2D eigenvalue weighted by molar-refractivity contribution is 6.00. The maximum atomic E-state index is 12.4. The number of piperazine rings is 1. The SMILES string of the molecule is CCC1(C)NC(=O)C(C)N(C2(C)CC2)C1=O. The summed E-state index contributed by atoms with van der Waals surface area (Å²) in [5.74, 6) is 0.0409. The van der Waals surface area contributed by atoms with Crippen LogP contribution in [0.25, 0.3) is 0 Å². The van der Waals surface area contributed by atoms with E-state index in [4.69, 9.17) is 0 Å². The molecule has 1 aliphatic carbocycles. The van der Waals surface area contributed by atoms with E-state index >= 15 is 0 Å². The van der Waals surface area contributed by atoms with Crippen LogP contribution in [0.1, 0.15) is 47.0 Å². The van der Waals surface area contributed by atoms with Gasteiger partial charge in [0.25, 0.3) is 0 Å². The van der Waals surface area contributed by atoms with E-state index < -0.39 is 5.54 Å². The zero-order chi connectivity index (χ0) is 12.1. The minimum atomic E-state index is -0.713. The number of nitrogens with one attached hydrogen (secondary N) is 1. The average Bonchev–Trinajstić information content (AvgIpc) is 2.95. The fraction of sp³-hybridized carbons (Fsp3) is 0.833. The summed E-state index contributed by atoms with van der Waals surface area (Å²) in [5, 5.41) is 2.84. The summed E-state index contributed by atoms with van der Waals surface area (Å²) >= 11 is 0. The highest BCUT2D eigenvalue weighted by Gasteiger charge is 2.55. The van der Waals surface area contributed by atoms with Crippen molar-refractivity contribution in [1.82, 2.24) is 10.2 Å². The predicted octanol–water partition coefficient (Wildman–Crippen LogP) is 1.05. The van der Waals surface area contributed by atoms with Gasteiger partial charge in [-0.15, -0.1) is 0 Å². The molecular weight excluding hydrogens is 204 g/mol. The van der Waals surface area contributed by atoms with Crippen molar-refractivity contribution in [2.75, 3.05) is 0 Å². The molecule has 1 N–H and O–H groups in total. The Morgan fingerprint density at radius 1 is 1.38 bits per heavy atom. The summed E-state index contributed by atoms with van der Waals surface area (Å²) in [7, 11) is 0. The maximum absolute atomic E-state index is 12.4. The summed E-state index contributed by atoms with van der Waals surface area (Å²) in [6.07, 6.45) is 2.66. The number of carbonyl (C=O) groups excluding carboxylic acids is 2. The first-order valence-electron chi connectivity index (χ1n) is 6.00. The second-order valence-electron chi connectivity index (χ2n) is 5.52. The summed E-state index contributed by atoms with van der Waals surface area (Å²) in [5.41, 5.74) is -0.792. The summed E-state index contributed by atoms with van der Waals surface area (Å²) in [4.78, 5) is 26.1. The molecule has 1 aliphatic heterocycles. The van der Waals surface area contributed by atoms with Crippen molar-refractivity contribution in [2.45, 2.75) is 64.1 Å². The maximum Gasteiger partial charge on any atom is 0.249 e. The normalized spacial score (nSPS) is 37.2. The van der Waals surface area contributed by atoms with E-state index in [0.29, 0.717) is 6.42 Å². The Hall–Kier alpha value is -1.06. The van der Waals surface area contributed by atoms with Gasteiger partial charge in [-0.2, -0.15) is 0 Å². The van der Waals surface area contributed by atoms with Crippen LogP contribution >= 0.6 is 0 Å². The van der Waals surface area contributed by atoms with E-state index in [0.717, 1.165) is 12.8 Å². The highest BCUT2D eigenvalue weighted by atomic mass is 16.2. The standard InChI is InChI=1S/C12H20N2O2/c1-5-12(4)10(16)14(11(3)6-7-11)8(2)9(15)13-12/h8H,5-7H2,1-4H3,(H,13,15). The van der Waals surface area contributed by atoms with Crippen LogP contribution in [-0.4, -0.2) is 33.8 Å². The Labute approximate surface area is 96.4 Å². The molecule has 0 radical (unpaired) electrons. The van der Waals surface area contributed by atoms with Gasteiger partial charge in [-0.3, -0.25) is 9.59 Å². The fourth-order valence-electron chi connectivity index (χ4n) is 2.36. The van der Waals surface area contributed by atoms with Gasteiger partial charge in [0, 0.05) is 5.54 Å². The number of amides is 2. The van der Waals surface area contributed by atoms with Crippen molar-refractivity contribution in [3.63, 3.8) is 0 Å². The van der Waals surface area contributed by atoms with Gasteiger partial charge in [-0.25, -0.2) is 0 Å². The van der Waals surface area contributed by atoms with E-state index in [1.165, 1.54) is 0 Å². The molecule has 90 valence electrons. The van der Waals surface area contributed by atoms with Crippen LogP contribution in [0, 0.1) is 0 Å². The molecule has 2 unspecified atom stereocenters. The molecule has 16 heavy (non-hydrogen) atoms. The molecule has 2 amide bonds.